The van der Waals surface area contributed by atoms with Crippen LogP contribution < -0.4 is 9.80 Å². The first kappa shape index (κ1) is 13.8. The molecule has 0 unspecified atom stereocenters. The Labute approximate surface area is 127 Å². The average Bonchev–Trinajstić information content (AvgIpc) is 2.47. The van der Waals surface area contributed by atoms with Gasteiger partial charge in [-0.1, -0.05) is 6.07 Å². The molecular weight excluding hydrogens is 318 g/mol. The van der Waals surface area contributed by atoms with Crippen molar-refractivity contribution in [2.45, 2.75) is 6.54 Å². The van der Waals surface area contributed by atoms with Crippen molar-refractivity contribution in [2.24, 2.45) is 0 Å². The van der Waals surface area contributed by atoms with Crippen molar-refractivity contribution in [1.29, 1.82) is 0 Å². The minimum absolute atomic E-state index is 0.238. The van der Waals surface area contributed by atoms with Gasteiger partial charge in [-0.2, -0.15) is 0 Å². The molecule has 0 bridgehead atoms. The third-order valence-electron chi connectivity index (χ3n) is 4.16. The van der Waals surface area contributed by atoms with Crippen molar-refractivity contribution in [3.63, 3.8) is 0 Å². The van der Waals surface area contributed by atoms with Crippen molar-refractivity contribution >= 4 is 26.8 Å². The highest BCUT2D eigenvalue weighted by atomic mass is 79.9. The van der Waals surface area contributed by atoms with E-state index in [0.717, 1.165) is 16.4 Å². The van der Waals surface area contributed by atoms with Crippen molar-refractivity contribution < 1.29 is 14.9 Å². The Bertz CT molecular complexity index is 624. The Morgan fingerprint density at radius 2 is 2.05 bits per heavy atom. The highest BCUT2D eigenvalue weighted by molar-refractivity contribution is 9.10. The number of benzene rings is 1. The van der Waals surface area contributed by atoms with Crippen LogP contribution in [0.25, 0.3) is 10.9 Å². The van der Waals surface area contributed by atoms with Gasteiger partial charge in [0.15, 0.2) is 5.75 Å². The van der Waals surface area contributed by atoms with E-state index in [1.165, 1.54) is 31.7 Å². The molecule has 0 amide bonds. The second-order valence-electron chi connectivity index (χ2n) is 5.65. The molecule has 20 heavy (non-hydrogen) atoms. The Morgan fingerprint density at radius 3 is 2.80 bits per heavy atom. The number of hydrogen-bond donors (Lipinski definition) is 3. The first-order chi connectivity index (χ1) is 9.65. The fraction of sp³-hybridized carbons (Fsp3) is 0.400. The van der Waals surface area contributed by atoms with E-state index in [4.69, 9.17) is 0 Å². The van der Waals surface area contributed by atoms with Crippen LogP contribution >= 0.6 is 15.9 Å². The summed E-state index contributed by atoms with van der Waals surface area (Å²) in [5, 5.41) is 11.2. The molecule has 3 rings (SSSR count). The largest absolute Gasteiger partial charge is 0.505 e. The van der Waals surface area contributed by atoms with Gasteiger partial charge in [-0.3, -0.25) is 4.98 Å². The lowest BCUT2D eigenvalue weighted by Gasteiger charge is -2.27. The van der Waals surface area contributed by atoms with Crippen LogP contribution in [0.15, 0.2) is 28.9 Å². The van der Waals surface area contributed by atoms with E-state index < -0.39 is 0 Å². The zero-order chi connectivity index (χ0) is 14.1. The summed E-state index contributed by atoms with van der Waals surface area (Å²) in [7, 11) is 2.26. The summed E-state index contributed by atoms with van der Waals surface area (Å²) < 4.78 is 0.734. The Balaban J connectivity index is 1.93. The number of hydrogen-bond acceptors (Lipinski definition) is 2. The molecule has 0 radical (unpaired) electrons. The molecule has 2 heterocycles. The van der Waals surface area contributed by atoms with Crippen LogP contribution in [-0.2, 0) is 6.54 Å². The van der Waals surface area contributed by atoms with E-state index in [1.807, 2.05) is 18.2 Å². The van der Waals surface area contributed by atoms with Gasteiger partial charge in [-0.05, 0) is 28.1 Å². The summed E-state index contributed by atoms with van der Waals surface area (Å²) in [5.74, 6) is 0.238. The molecule has 106 valence electrons. The van der Waals surface area contributed by atoms with E-state index in [9.17, 15) is 5.11 Å². The minimum Gasteiger partial charge on any atom is -0.505 e. The molecule has 1 fully saturated rings. The number of aromatic hydroxyl groups is 1. The zero-order valence-corrected chi connectivity index (χ0v) is 13.2. The lowest BCUT2D eigenvalue weighted by Crippen LogP contribution is -3.26. The standard InChI is InChI=1S/C15H18BrN3O/c1-18-5-7-19(8-6-18)10-11-9-13(16)15(20)14-12(11)3-2-4-17-14/h2-4,9,20H,5-8,10H2,1H3/p+2. The molecule has 1 saturated heterocycles. The molecule has 3 N–H and O–H groups in total. The third kappa shape index (κ3) is 2.66. The second-order valence-corrected chi connectivity index (χ2v) is 6.50. The summed E-state index contributed by atoms with van der Waals surface area (Å²) in [6.07, 6.45) is 1.73. The smallest absolute Gasteiger partial charge is 0.156 e. The van der Waals surface area contributed by atoms with Gasteiger partial charge in [0.05, 0.1) is 11.5 Å². The van der Waals surface area contributed by atoms with Gasteiger partial charge in [0, 0.05) is 17.1 Å². The fourth-order valence-electron chi connectivity index (χ4n) is 2.89. The third-order valence-corrected chi connectivity index (χ3v) is 4.76. The SMILES string of the molecule is C[NH+]1CC[NH+](Cc2cc(Br)c(O)c3ncccc23)CC1. The highest BCUT2D eigenvalue weighted by Gasteiger charge is 2.21. The van der Waals surface area contributed by atoms with Gasteiger partial charge < -0.3 is 14.9 Å². The minimum atomic E-state index is 0.238. The molecule has 1 aliphatic rings. The van der Waals surface area contributed by atoms with Gasteiger partial charge in [0.2, 0.25) is 0 Å². The van der Waals surface area contributed by atoms with E-state index in [-0.39, 0.29) is 5.75 Å². The molecule has 1 aliphatic heterocycles. The van der Waals surface area contributed by atoms with Crippen molar-refractivity contribution in [2.75, 3.05) is 33.2 Å². The van der Waals surface area contributed by atoms with Gasteiger partial charge >= 0.3 is 0 Å². The quantitative estimate of drug-likeness (QED) is 0.699. The van der Waals surface area contributed by atoms with E-state index in [2.05, 4.69) is 28.0 Å². The summed E-state index contributed by atoms with van der Waals surface area (Å²) in [6, 6.07) is 6.02. The number of pyridine rings is 1. The van der Waals surface area contributed by atoms with Crippen LogP contribution in [0.1, 0.15) is 5.56 Å². The number of halogens is 1. The molecule has 4 nitrogen and oxygen atoms in total. The highest BCUT2D eigenvalue weighted by Crippen LogP contribution is 2.33. The summed E-state index contributed by atoms with van der Waals surface area (Å²) >= 11 is 3.44. The molecule has 5 heteroatoms. The first-order valence-corrected chi connectivity index (χ1v) is 7.84. The Hall–Kier alpha value is -1.17. The number of nitrogens with one attached hydrogen (secondary N) is 2. The van der Waals surface area contributed by atoms with E-state index in [1.54, 1.807) is 16.0 Å². The number of likely N-dealkylation sites (N-methyl/N-ethyl adjacent to an activating group) is 1. The van der Waals surface area contributed by atoms with Gasteiger partial charge in [-0.25, -0.2) is 0 Å². The van der Waals surface area contributed by atoms with Gasteiger partial charge in [-0.15, -0.1) is 0 Å². The van der Waals surface area contributed by atoms with Crippen LogP contribution in [0.5, 0.6) is 5.75 Å². The number of quaternary nitrogens is 2. The molecule has 1 aromatic heterocycles. The Morgan fingerprint density at radius 1 is 1.30 bits per heavy atom. The maximum Gasteiger partial charge on any atom is 0.156 e. The van der Waals surface area contributed by atoms with Crippen LogP contribution in [0.2, 0.25) is 0 Å². The number of fused-ring (bicyclic) bond motifs is 1. The molecule has 1 aromatic carbocycles. The summed E-state index contributed by atoms with van der Waals surface area (Å²) in [5.41, 5.74) is 1.95. The maximum absolute atomic E-state index is 10.1. The molecule has 0 spiro atoms. The van der Waals surface area contributed by atoms with E-state index in [0.29, 0.717) is 5.52 Å². The summed E-state index contributed by atoms with van der Waals surface area (Å²) in [4.78, 5) is 7.54. The maximum atomic E-state index is 10.1. The van der Waals surface area contributed by atoms with E-state index >= 15 is 0 Å². The molecule has 0 aliphatic carbocycles. The van der Waals surface area contributed by atoms with Crippen LogP contribution in [-0.4, -0.2) is 43.3 Å². The lowest BCUT2D eigenvalue weighted by molar-refractivity contribution is -1.01. The average molecular weight is 338 g/mol. The Kier molecular flexibility index (Phi) is 3.92. The second kappa shape index (κ2) is 5.68. The first-order valence-electron chi connectivity index (χ1n) is 7.05. The summed E-state index contributed by atoms with van der Waals surface area (Å²) in [6.45, 7) is 5.85. The number of phenols is 1. The molecule has 0 atom stereocenters. The topological polar surface area (TPSA) is 42.0 Å². The predicted molar refractivity (Wildman–Crippen MR) is 82.1 cm³/mol. The van der Waals surface area contributed by atoms with Crippen LogP contribution in [0.4, 0.5) is 0 Å². The number of piperazine rings is 1. The lowest BCUT2D eigenvalue weighted by atomic mass is 10.1. The van der Waals surface area contributed by atoms with Crippen molar-refractivity contribution in [3.05, 3.63) is 34.4 Å². The zero-order valence-electron chi connectivity index (χ0n) is 11.6. The molecule has 2 aromatic rings. The van der Waals surface area contributed by atoms with Crippen molar-refractivity contribution in [3.8, 4) is 5.75 Å². The van der Waals surface area contributed by atoms with Gasteiger partial charge in [0.25, 0.3) is 0 Å². The number of rotatable bonds is 2. The van der Waals surface area contributed by atoms with Crippen LogP contribution in [0.3, 0.4) is 0 Å². The van der Waals surface area contributed by atoms with Crippen molar-refractivity contribution in [1.82, 2.24) is 4.98 Å². The van der Waals surface area contributed by atoms with Gasteiger partial charge in [0.1, 0.15) is 38.2 Å². The molecule has 0 saturated carbocycles. The molecular formula is C15H20BrN3O+2. The fourth-order valence-corrected chi connectivity index (χ4v) is 3.35. The normalized spacial score (nSPS) is 23.1. The number of nitrogens with zero attached hydrogens (tertiary/aromatic N) is 1. The number of phenolic OH excluding ortho intramolecular Hbond substituents is 1. The predicted octanol–water partition coefficient (Wildman–Crippen LogP) is -0.384. The monoisotopic (exact) mass is 337 g/mol. The van der Waals surface area contributed by atoms with Crippen LogP contribution in [0, 0.1) is 0 Å². The number of aromatic nitrogens is 1.